The molecule has 2 aromatic heterocycles. The second-order valence-corrected chi connectivity index (χ2v) is 5.07. The average molecular weight is 297 g/mol. The monoisotopic (exact) mass is 296 g/mol. The van der Waals surface area contributed by atoms with Crippen molar-refractivity contribution in [2.45, 2.75) is 18.9 Å². The Bertz CT molecular complexity index is 777. The second-order valence-electron chi connectivity index (χ2n) is 4.73. The van der Waals surface area contributed by atoms with E-state index in [0.29, 0.717) is 37.2 Å². The van der Waals surface area contributed by atoms with Crippen molar-refractivity contribution < 1.29 is 4.74 Å². The molecule has 3 heterocycles. The fourth-order valence-electron chi connectivity index (χ4n) is 2.49. The Labute approximate surface area is 118 Å². The first kappa shape index (κ1) is 13.3. The molecule has 8 heteroatoms. The molecule has 0 unspecified atom stereocenters. The summed E-state index contributed by atoms with van der Waals surface area (Å²) in [7, 11) is 1.53. The van der Waals surface area contributed by atoms with Gasteiger partial charge >= 0.3 is 11.1 Å². The maximum absolute atomic E-state index is 12.3. The topological polar surface area (TPSA) is 79.0 Å². The van der Waals surface area contributed by atoms with E-state index in [9.17, 15) is 9.59 Å². The SMILES string of the molecule is Cn1c(=O)c(=O)n(C2CCOCC2)c2nc(Cl)ncc21. The van der Waals surface area contributed by atoms with Crippen LogP contribution >= 0.6 is 11.6 Å². The highest BCUT2D eigenvalue weighted by Crippen LogP contribution is 2.22. The zero-order valence-electron chi connectivity index (χ0n) is 10.9. The first-order valence-corrected chi connectivity index (χ1v) is 6.69. The highest BCUT2D eigenvalue weighted by Gasteiger charge is 2.22. The summed E-state index contributed by atoms with van der Waals surface area (Å²) in [5.41, 5.74) is -0.286. The van der Waals surface area contributed by atoms with E-state index < -0.39 is 11.1 Å². The Kier molecular flexibility index (Phi) is 3.31. The minimum atomic E-state index is -0.588. The number of halogens is 1. The number of ether oxygens (including phenoxy) is 1. The summed E-state index contributed by atoms with van der Waals surface area (Å²) in [6.07, 6.45) is 2.80. The minimum Gasteiger partial charge on any atom is -0.381 e. The van der Waals surface area contributed by atoms with Gasteiger partial charge in [-0.25, -0.2) is 4.98 Å². The molecule has 0 radical (unpaired) electrons. The van der Waals surface area contributed by atoms with Gasteiger partial charge in [0, 0.05) is 26.3 Å². The molecule has 0 saturated carbocycles. The summed E-state index contributed by atoms with van der Waals surface area (Å²) >= 11 is 5.82. The van der Waals surface area contributed by atoms with E-state index >= 15 is 0 Å². The molecule has 0 spiro atoms. The van der Waals surface area contributed by atoms with Crippen molar-refractivity contribution in [1.82, 2.24) is 19.1 Å². The molecule has 3 rings (SSSR count). The van der Waals surface area contributed by atoms with Crippen LogP contribution in [0.1, 0.15) is 18.9 Å². The van der Waals surface area contributed by atoms with E-state index in [-0.39, 0.29) is 11.3 Å². The van der Waals surface area contributed by atoms with Crippen molar-refractivity contribution in [3.63, 3.8) is 0 Å². The molecule has 0 bridgehead atoms. The maximum Gasteiger partial charge on any atom is 0.318 e. The second kappa shape index (κ2) is 4.99. The van der Waals surface area contributed by atoms with Crippen molar-refractivity contribution in [2.24, 2.45) is 7.05 Å². The number of aryl methyl sites for hydroxylation is 1. The van der Waals surface area contributed by atoms with E-state index in [0.717, 1.165) is 0 Å². The average Bonchev–Trinajstić information content (AvgIpc) is 2.46. The molecule has 106 valence electrons. The molecule has 1 fully saturated rings. The van der Waals surface area contributed by atoms with Gasteiger partial charge in [0.25, 0.3) is 0 Å². The van der Waals surface area contributed by atoms with Crippen molar-refractivity contribution >= 4 is 22.8 Å². The molecule has 0 atom stereocenters. The summed E-state index contributed by atoms with van der Waals surface area (Å²) in [6.45, 7) is 1.12. The van der Waals surface area contributed by atoms with E-state index in [1.165, 1.54) is 22.4 Å². The van der Waals surface area contributed by atoms with Crippen LogP contribution in [0.15, 0.2) is 15.8 Å². The Morgan fingerprint density at radius 3 is 2.70 bits per heavy atom. The number of fused-ring (bicyclic) bond motifs is 1. The fraction of sp³-hybridized carbons (Fsp3) is 0.500. The summed E-state index contributed by atoms with van der Waals surface area (Å²) in [6, 6.07) is -0.0985. The quantitative estimate of drug-likeness (QED) is 0.565. The van der Waals surface area contributed by atoms with Crippen molar-refractivity contribution in [3.8, 4) is 0 Å². The van der Waals surface area contributed by atoms with Crippen LogP contribution in [0.3, 0.4) is 0 Å². The molecule has 0 aromatic carbocycles. The van der Waals surface area contributed by atoms with Gasteiger partial charge in [-0.05, 0) is 24.4 Å². The first-order valence-electron chi connectivity index (χ1n) is 6.31. The number of hydrogen-bond acceptors (Lipinski definition) is 5. The molecular formula is C12H13ClN4O3. The van der Waals surface area contributed by atoms with Crippen LogP contribution in [0.5, 0.6) is 0 Å². The van der Waals surface area contributed by atoms with Gasteiger partial charge in [-0.2, -0.15) is 4.98 Å². The Morgan fingerprint density at radius 1 is 1.30 bits per heavy atom. The predicted molar refractivity (Wildman–Crippen MR) is 73.1 cm³/mol. The van der Waals surface area contributed by atoms with Gasteiger partial charge in [0.2, 0.25) is 5.28 Å². The zero-order chi connectivity index (χ0) is 14.3. The lowest BCUT2D eigenvalue weighted by molar-refractivity contribution is 0.0695. The third-order valence-corrected chi connectivity index (χ3v) is 3.75. The fourth-order valence-corrected chi connectivity index (χ4v) is 2.62. The Morgan fingerprint density at radius 2 is 2.00 bits per heavy atom. The van der Waals surface area contributed by atoms with Crippen LogP contribution < -0.4 is 11.1 Å². The highest BCUT2D eigenvalue weighted by atomic mass is 35.5. The lowest BCUT2D eigenvalue weighted by Crippen LogP contribution is -2.43. The standard InChI is InChI=1S/C12H13ClN4O3/c1-16-8-6-14-12(13)15-9(8)17(11(19)10(16)18)7-2-4-20-5-3-7/h6-7H,2-5H2,1H3. The number of nitrogens with zero attached hydrogens (tertiary/aromatic N) is 4. The van der Waals surface area contributed by atoms with Gasteiger partial charge in [-0.15, -0.1) is 0 Å². The van der Waals surface area contributed by atoms with Crippen LogP contribution in [0.25, 0.3) is 11.2 Å². The Hall–Kier alpha value is -1.73. The van der Waals surface area contributed by atoms with Gasteiger partial charge in [0.15, 0.2) is 5.65 Å². The predicted octanol–water partition coefficient (Wildman–Crippen LogP) is 0.495. The molecule has 0 amide bonds. The summed E-state index contributed by atoms with van der Waals surface area (Å²) in [5.74, 6) is 0. The molecule has 7 nitrogen and oxygen atoms in total. The number of rotatable bonds is 1. The minimum absolute atomic E-state index is 0.0522. The molecule has 1 aliphatic heterocycles. The zero-order valence-corrected chi connectivity index (χ0v) is 11.6. The summed E-state index contributed by atoms with van der Waals surface area (Å²) in [5, 5.41) is 0.0522. The van der Waals surface area contributed by atoms with Crippen LogP contribution in [0.4, 0.5) is 0 Å². The van der Waals surface area contributed by atoms with E-state index in [4.69, 9.17) is 16.3 Å². The van der Waals surface area contributed by atoms with Gasteiger partial charge in [0.05, 0.1) is 6.20 Å². The van der Waals surface area contributed by atoms with Crippen molar-refractivity contribution in [3.05, 3.63) is 32.2 Å². The first-order chi connectivity index (χ1) is 9.59. The molecular weight excluding hydrogens is 284 g/mol. The van der Waals surface area contributed by atoms with Crippen LogP contribution in [0.2, 0.25) is 5.28 Å². The summed E-state index contributed by atoms with van der Waals surface area (Å²) in [4.78, 5) is 32.4. The molecule has 20 heavy (non-hydrogen) atoms. The third-order valence-electron chi connectivity index (χ3n) is 3.57. The molecule has 0 N–H and O–H groups in total. The van der Waals surface area contributed by atoms with Crippen molar-refractivity contribution in [1.29, 1.82) is 0 Å². The number of aromatic nitrogens is 4. The van der Waals surface area contributed by atoms with Crippen LogP contribution in [-0.2, 0) is 11.8 Å². The highest BCUT2D eigenvalue weighted by molar-refractivity contribution is 6.28. The van der Waals surface area contributed by atoms with Gasteiger partial charge in [-0.1, -0.05) is 0 Å². The van der Waals surface area contributed by atoms with E-state index in [1.807, 2.05) is 0 Å². The Balaban J connectivity index is 2.36. The lowest BCUT2D eigenvalue weighted by atomic mass is 10.1. The molecule has 1 aliphatic rings. The van der Waals surface area contributed by atoms with Crippen LogP contribution in [-0.4, -0.2) is 32.3 Å². The molecule has 2 aromatic rings. The van der Waals surface area contributed by atoms with Crippen molar-refractivity contribution in [2.75, 3.05) is 13.2 Å². The normalized spacial score (nSPS) is 16.7. The van der Waals surface area contributed by atoms with Gasteiger partial charge < -0.3 is 9.30 Å². The lowest BCUT2D eigenvalue weighted by Gasteiger charge is -2.25. The van der Waals surface area contributed by atoms with Gasteiger partial charge in [0.1, 0.15) is 5.52 Å². The maximum atomic E-state index is 12.3. The molecule has 1 saturated heterocycles. The third kappa shape index (κ3) is 2.03. The summed E-state index contributed by atoms with van der Waals surface area (Å²) < 4.78 is 7.99. The largest absolute Gasteiger partial charge is 0.381 e. The van der Waals surface area contributed by atoms with E-state index in [1.54, 1.807) is 0 Å². The van der Waals surface area contributed by atoms with Gasteiger partial charge in [-0.3, -0.25) is 14.2 Å². The van der Waals surface area contributed by atoms with E-state index in [2.05, 4.69) is 9.97 Å². The smallest absolute Gasteiger partial charge is 0.318 e. The number of hydrogen-bond donors (Lipinski definition) is 0. The van der Waals surface area contributed by atoms with Crippen LogP contribution in [0, 0.1) is 0 Å². The molecule has 0 aliphatic carbocycles.